The van der Waals surface area contributed by atoms with Crippen molar-refractivity contribution >= 4 is 10.4 Å². The Morgan fingerprint density at radius 2 is 1.83 bits per heavy atom. The van der Waals surface area contributed by atoms with Crippen molar-refractivity contribution in [3.63, 3.8) is 0 Å². The Morgan fingerprint density at radius 1 is 1.42 bits per heavy atom. The Bertz CT molecular complexity index is 176. The smallest absolute Gasteiger partial charge is 0.375 e. The van der Waals surface area contributed by atoms with Gasteiger partial charge in [-0.2, -0.15) is 8.42 Å². The van der Waals surface area contributed by atoms with E-state index in [-0.39, 0.29) is 6.61 Å². The topological polar surface area (TPSA) is 104 Å². The highest BCUT2D eigenvalue weighted by Gasteiger charge is 1.84. The normalized spacial score (nSPS) is 9.92. The van der Waals surface area contributed by atoms with Crippen LogP contribution in [0.3, 0.4) is 0 Å². The van der Waals surface area contributed by atoms with Gasteiger partial charge in [-0.3, -0.25) is 9.11 Å². The average molecular weight is 199 g/mol. The summed E-state index contributed by atoms with van der Waals surface area (Å²) in [5.41, 5.74) is 0. The molecule has 73 valence electrons. The van der Waals surface area contributed by atoms with Gasteiger partial charge in [-0.05, 0) is 0 Å². The Kier molecular flexibility index (Phi) is 10.1. The minimum Gasteiger partial charge on any atom is -0.375 e. The van der Waals surface area contributed by atoms with Crippen molar-refractivity contribution in [3.05, 3.63) is 12.7 Å². The van der Waals surface area contributed by atoms with E-state index in [1.54, 1.807) is 6.08 Å². The highest BCUT2D eigenvalue weighted by molar-refractivity contribution is 7.79. The van der Waals surface area contributed by atoms with E-state index in [2.05, 4.69) is 6.58 Å². The number of hydrogen-bond acceptors (Lipinski definition) is 3. The first-order valence-corrected chi connectivity index (χ1v) is 4.28. The molecular weight excluding hydrogens is 188 g/mol. The van der Waals surface area contributed by atoms with E-state index in [1.807, 2.05) is 0 Å². The zero-order valence-corrected chi connectivity index (χ0v) is 7.16. The van der Waals surface area contributed by atoms with Crippen LogP contribution >= 0.6 is 0 Å². The van der Waals surface area contributed by atoms with Crippen molar-refractivity contribution < 1.29 is 27.4 Å². The molecule has 0 aromatic heterocycles. The first-order chi connectivity index (χ1) is 5.41. The van der Waals surface area contributed by atoms with E-state index < -0.39 is 10.4 Å². The second-order valence-electron chi connectivity index (χ2n) is 1.52. The van der Waals surface area contributed by atoms with Crippen molar-refractivity contribution in [1.29, 1.82) is 0 Å². The molecule has 0 spiro atoms. The van der Waals surface area contributed by atoms with Crippen molar-refractivity contribution in [2.45, 2.75) is 0 Å². The number of rotatable bonds is 4. The summed E-state index contributed by atoms with van der Waals surface area (Å²) in [6.45, 7) is 4.03. The van der Waals surface area contributed by atoms with Crippen LogP contribution in [0.2, 0.25) is 0 Å². The van der Waals surface area contributed by atoms with Crippen LogP contribution in [-0.4, -0.2) is 37.3 Å². The van der Waals surface area contributed by atoms with Gasteiger partial charge in [-0.25, -0.2) is 5.11 Å². The lowest BCUT2D eigenvalue weighted by molar-refractivity contribution is 0.0781. The fraction of sp³-hybridized carbons (Fsp3) is 0.600. The largest absolute Gasteiger partial charge is 0.394 e. The second-order valence-corrected chi connectivity index (χ2v) is 2.41. The molecule has 0 aromatic carbocycles. The van der Waals surface area contributed by atoms with Crippen LogP contribution in [0, 0.1) is 0 Å². The van der Waals surface area contributed by atoms with Crippen molar-refractivity contribution in [2.75, 3.05) is 19.8 Å². The number of hydrogen-bond donors (Lipinski definition) is 2. The van der Waals surface area contributed by atoms with Gasteiger partial charge in [-0.1, -0.05) is 6.08 Å². The molecule has 0 atom stereocenters. The van der Waals surface area contributed by atoms with Crippen LogP contribution in [0.15, 0.2) is 12.7 Å². The molecule has 0 aliphatic heterocycles. The molecule has 0 bridgehead atoms. The third-order valence-corrected chi connectivity index (χ3v) is 0.463. The first-order valence-electron chi connectivity index (χ1n) is 2.88. The highest BCUT2D eigenvalue weighted by atomic mass is 32.3. The molecule has 6 nitrogen and oxygen atoms in total. The van der Waals surface area contributed by atoms with Crippen LogP contribution in [0.25, 0.3) is 0 Å². The maximum atomic E-state index is 9.65. The molecule has 0 rings (SSSR count). The van der Waals surface area contributed by atoms with Gasteiger partial charge in [0, 0.05) is 0 Å². The minimum absolute atomic E-state index is 0.159. The molecule has 2 N–H and O–H groups in total. The summed E-state index contributed by atoms with van der Waals surface area (Å²) in [4.78, 5) is 0. The van der Waals surface area contributed by atoms with Gasteiger partial charge in [0.2, 0.25) is 0 Å². The van der Waals surface area contributed by atoms with Crippen LogP contribution in [-0.2, 0) is 20.2 Å². The van der Waals surface area contributed by atoms with Crippen molar-refractivity contribution in [2.24, 2.45) is 0 Å². The molecule has 0 heterocycles. The minimum atomic E-state index is -4.67. The van der Waals surface area contributed by atoms with E-state index in [4.69, 9.17) is 22.3 Å². The van der Waals surface area contributed by atoms with Crippen LogP contribution in [0.1, 0.15) is 0 Å². The Morgan fingerprint density at radius 3 is 2.08 bits per heavy atom. The second kappa shape index (κ2) is 8.62. The Labute approximate surface area is 71.1 Å². The van der Waals surface area contributed by atoms with Crippen LogP contribution in [0.5, 0.6) is 0 Å². The van der Waals surface area contributed by atoms with E-state index in [0.717, 1.165) is 0 Å². The predicted molar refractivity (Wildman–Crippen MR) is 40.7 cm³/mol. The molecule has 1 radical (unpaired) electrons. The van der Waals surface area contributed by atoms with Crippen LogP contribution in [0.4, 0.5) is 0 Å². The summed E-state index contributed by atoms with van der Waals surface area (Å²) < 4.78 is 36.3. The highest BCUT2D eigenvalue weighted by Crippen LogP contribution is 1.71. The zero-order valence-electron chi connectivity index (χ0n) is 6.34. The summed E-state index contributed by atoms with van der Waals surface area (Å²) >= 11 is 0. The number of ether oxygens (including phenoxy) is 1. The standard InChI is InChI=1S/C5H9O2.H2O4S/c1-2-4-7-5-3-6;1-5(2,3)4/h2H,1,3-5H2;(H2,1,2,3,4). The molecule has 0 aliphatic rings. The fourth-order valence-electron chi connectivity index (χ4n) is 0.226. The summed E-state index contributed by atoms with van der Waals surface area (Å²) in [5, 5.41) is 9.65. The fourth-order valence-corrected chi connectivity index (χ4v) is 0.226. The maximum Gasteiger partial charge on any atom is 0.394 e. The average Bonchev–Trinajstić information content (AvgIpc) is 1.85. The summed E-state index contributed by atoms with van der Waals surface area (Å²) in [7, 11) is -4.67. The summed E-state index contributed by atoms with van der Waals surface area (Å²) in [6.07, 6.45) is 1.62. The predicted octanol–water partition coefficient (Wildman–Crippen LogP) is -0.0333. The van der Waals surface area contributed by atoms with E-state index in [0.29, 0.717) is 13.2 Å². The monoisotopic (exact) mass is 199 g/mol. The lowest BCUT2D eigenvalue weighted by atomic mass is 10.7. The van der Waals surface area contributed by atoms with Gasteiger partial charge < -0.3 is 4.74 Å². The van der Waals surface area contributed by atoms with Gasteiger partial charge in [-0.15, -0.1) is 6.58 Å². The van der Waals surface area contributed by atoms with Gasteiger partial charge in [0.25, 0.3) is 0 Å². The van der Waals surface area contributed by atoms with E-state index in [9.17, 15) is 5.11 Å². The lowest BCUT2D eigenvalue weighted by Crippen LogP contribution is -1.96. The molecule has 12 heavy (non-hydrogen) atoms. The van der Waals surface area contributed by atoms with Gasteiger partial charge in [0.1, 0.15) is 6.61 Å². The van der Waals surface area contributed by atoms with Crippen LogP contribution < -0.4 is 0 Å². The molecule has 0 fully saturated rings. The quantitative estimate of drug-likeness (QED) is 0.376. The lowest BCUT2D eigenvalue weighted by Gasteiger charge is -1.91. The summed E-state index contributed by atoms with van der Waals surface area (Å²) in [6, 6.07) is 0. The van der Waals surface area contributed by atoms with Crippen molar-refractivity contribution in [3.8, 4) is 0 Å². The van der Waals surface area contributed by atoms with Gasteiger partial charge in [0.15, 0.2) is 0 Å². The molecular formula is C5H11O6S. The molecule has 0 saturated carbocycles. The molecule has 0 aliphatic carbocycles. The third kappa shape index (κ3) is 55.6. The molecule has 7 heteroatoms. The Balaban J connectivity index is 0. The molecule has 0 aromatic rings. The van der Waals surface area contributed by atoms with Crippen molar-refractivity contribution in [1.82, 2.24) is 0 Å². The SMILES string of the molecule is C=CCOCC[O].O=S(=O)(O)O. The summed E-state index contributed by atoms with van der Waals surface area (Å²) in [5.74, 6) is 0. The van der Waals surface area contributed by atoms with E-state index >= 15 is 0 Å². The third-order valence-electron chi connectivity index (χ3n) is 0.463. The van der Waals surface area contributed by atoms with E-state index in [1.165, 1.54) is 0 Å². The Hall–Kier alpha value is -0.470. The maximum absolute atomic E-state index is 9.65. The van der Waals surface area contributed by atoms with Gasteiger partial charge >= 0.3 is 10.4 Å². The molecule has 0 saturated heterocycles. The molecule has 0 amide bonds. The van der Waals surface area contributed by atoms with Gasteiger partial charge in [0.05, 0.1) is 13.2 Å². The zero-order chi connectivity index (χ0) is 10.0. The first kappa shape index (κ1) is 14.1. The molecule has 0 unspecified atom stereocenters.